The van der Waals surface area contributed by atoms with Crippen LogP contribution >= 0.6 is 11.6 Å². The highest BCUT2D eigenvalue weighted by molar-refractivity contribution is 7.89. The highest BCUT2D eigenvalue weighted by atomic mass is 35.5. The van der Waals surface area contributed by atoms with Gasteiger partial charge in [-0.3, -0.25) is 0 Å². The predicted octanol–water partition coefficient (Wildman–Crippen LogP) is 3.67. The van der Waals surface area contributed by atoms with Crippen LogP contribution in [-0.2, 0) is 15.9 Å². The normalized spacial score (nSPS) is 21.9. The van der Waals surface area contributed by atoms with Crippen LogP contribution in [0.4, 0.5) is 0 Å². The van der Waals surface area contributed by atoms with Crippen LogP contribution in [0.15, 0.2) is 15.4 Å². The summed E-state index contributed by atoms with van der Waals surface area (Å²) in [6, 6.07) is 1.66. The molecule has 0 aromatic carbocycles. The van der Waals surface area contributed by atoms with Gasteiger partial charge in [-0.15, -0.1) is 11.6 Å². The molecule has 0 aliphatic carbocycles. The Bertz CT molecular complexity index is 553. The Kier molecular flexibility index (Phi) is 5.15. The summed E-state index contributed by atoms with van der Waals surface area (Å²) in [4.78, 5) is 0.272. The van der Waals surface area contributed by atoms with E-state index in [1.807, 2.05) is 6.92 Å². The fraction of sp³-hybridized carbons (Fsp3) is 0.714. The van der Waals surface area contributed by atoms with Crippen LogP contribution in [0.5, 0.6) is 0 Å². The Balaban J connectivity index is 2.38. The van der Waals surface area contributed by atoms with Gasteiger partial charge in [-0.2, -0.15) is 4.31 Å². The number of aryl methyl sites for hydroxylation is 1. The van der Waals surface area contributed by atoms with E-state index >= 15 is 0 Å². The van der Waals surface area contributed by atoms with E-state index in [0.29, 0.717) is 18.1 Å². The van der Waals surface area contributed by atoms with E-state index in [0.717, 1.165) is 32.1 Å². The van der Waals surface area contributed by atoms with E-state index in [1.165, 1.54) is 0 Å². The van der Waals surface area contributed by atoms with Crippen LogP contribution in [0.25, 0.3) is 0 Å². The molecule has 0 bridgehead atoms. The zero-order valence-corrected chi connectivity index (χ0v) is 13.6. The van der Waals surface area contributed by atoms with Gasteiger partial charge in [-0.25, -0.2) is 8.42 Å². The molecule has 0 spiro atoms. The summed E-state index contributed by atoms with van der Waals surface area (Å²) in [7, 11) is -3.49. The summed E-state index contributed by atoms with van der Waals surface area (Å²) in [6.45, 7) is 4.33. The SMILES string of the molecule is CCC1CCCCCN1S(=O)(=O)c1cc(CCl)oc1C. The van der Waals surface area contributed by atoms with E-state index in [4.69, 9.17) is 16.0 Å². The van der Waals surface area contributed by atoms with Crippen molar-refractivity contribution in [3.8, 4) is 0 Å². The molecule has 0 saturated carbocycles. The Hall–Kier alpha value is -0.520. The van der Waals surface area contributed by atoms with Crippen molar-refractivity contribution in [2.45, 2.75) is 62.8 Å². The lowest BCUT2D eigenvalue weighted by atomic mass is 10.1. The first-order valence-electron chi connectivity index (χ1n) is 7.17. The molecule has 1 saturated heterocycles. The van der Waals surface area contributed by atoms with E-state index in [9.17, 15) is 8.42 Å². The summed E-state index contributed by atoms with van der Waals surface area (Å²) >= 11 is 5.73. The molecular formula is C14H22ClNO3S. The van der Waals surface area contributed by atoms with E-state index in [-0.39, 0.29) is 16.8 Å². The Morgan fingerprint density at radius 2 is 2.15 bits per heavy atom. The second-order valence-electron chi connectivity index (χ2n) is 5.29. The van der Waals surface area contributed by atoms with Gasteiger partial charge < -0.3 is 4.42 Å². The number of sulfonamides is 1. The van der Waals surface area contributed by atoms with Gasteiger partial charge in [0.2, 0.25) is 10.0 Å². The first kappa shape index (κ1) is 15.9. The van der Waals surface area contributed by atoms with Gasteiger partial charge >= 0.3 is 0 Å². The van der Waals surface area contributed by atoms with Crippen LogP contribution < -0.4 is 0 Å². The molecule has 1 fully saturated rings. The first-order valence-corrected chi connectivity index (χ1v) is 9.15. The topological polar surface area (TPSA) is 50.5 Å². The van der Waals surface area contributed by atoms with Crippen molar-refractivity contribution >= 4 is 21.6 Å². The van der Waals surface area contributed by atoms with Crippen LogP contribution in [0, 0.1) is 6.92 Å². The van der Waals surface area contributed by atoms with Crippen LogP contribution in [0.2, 0.25) is 0 Å². The molecule has 20 heavy (non-hydrogen) atoms. The average Bonchev–Trinajstić information content (AvgIpc) is 2.66. The third-order valence-corrected chi connectivity index (χ3v) is 6.26. The molecule has 6 heteroatoms. The van der Waals surface area contributed by atoms with Crippen molar-refractivity contribution in [1.29, 1.82) is 0 Å². The lowest BCUT2D eigenvalue weighted by molar-refractivity contribution is 0.314. The molecule has 2 heterocycles. The molecule has 1 aliphatic rings. The standard InChI is InChI=1S/C14H22ClNO3S/c1-3-12-7-5-4-6-8-16(12)20(17,18)14-9-13(10-15)19-11(14)2/h9,12H,3-8,10H2,1-2H3. The molecule has 4 nitrogen and oxygen atoms in total. The van der Waals surface area contributed by atoms with Gasteiger partial charge in [0.25, 0.3) is 0 Å². The fourth-order valence-electron chi connectivity index (χ4n) is 2.85. The third kappa shape index (κ3) is 3.05. The minimum atomic E-state index is -3.49. The number of halogens is 1. The molecule has 1 aromatic rings. The Morgan fingerprint density at radius 3 is 2.75 bits per heavy atom. The fourth-order valence-corrected chi connectivity index (χ4v) is 4.93. The summed E-state index contributed by atoms with van der Waals surface area (Å²) in [6.07, 6.45) is 4.91. The first-order chi connectivity index (χ1) is 9.50. The quantitative estimate of drug-likeness (QED) is 0.796. The van der Waals surface area contributed by atoms with E-state index < -0.39 is 10.0 Å². The number of hydrogen-bond donors (Lipinski definition) is 0. The summed E-state index contributed by atoms with van der Waals surface area (Å²) in [5.74, 6) is 1.12. The van der Waals surface area contributed by atoms with Crippen molar-refractivity contribution in [2.75, 3.05) is 6.54 Å². The lowest BCUT2D eigenvalue weighted by Crippen LogP contribution is -2.39. The summed E-state index contributed by atoms with van der Waals surface area (Å²) in [5.41, 5.74) is 0. The molecule has 0 amide bonds. The van der Waals surface area contributed by atoms with Gasteiger partial charge in [0.1, 0.15) is 16.4 Å². The number of nitrogens with zero attached hydrogens (tertiary/aromatic N) is 1. The summed E-state index contributed by atoms with van der Waals surface area (Å²) < 4.78 is 32.8. The maximum Gasteiger partial charge on any atom is 0.246 e. The second kappa shape index (κ2) is 6.50. The van der Waals surface area contributed by atoms with Gasteiger partial charge in [-0.05, 0) is 26.2 Å². The third-order valence-electron chi connectivity index (χ3n) is 3.94. The number of furan rings is 1. The highest BCUT2D eigenvalue weighted by Gasteiger charge is 2.33. The van der Waals surface area contributed by atoms with Crippen molar-refractivity contribution in [3.63, 3.8) is 0 Å². The maximum absolute atomic E-state index is 12.9. The van der Waals surface area contributed by atoms with E-state index in [2.05, 4.69) is 0 Å². The maximum atomic E-state index is 12.9. The summed E-state index contributed by atoms with van der Waals surface area (Å²) in [5, 5.41) is 0. The molecule has 0 radical (unpaired) electrons. The lowest BCUT2D eigenvalue weighted by Gasteiger charge is -2.28. The monoisotopic (exact) mass is 319 g/mol. The zero-order valence-electron chi connectivity index (χ0n) is 12.1. The average molecular weight is 320 g/mol. The van der Waals surface area contributed by atoms with Gasteiger partial charge in [0.05, 0.1) is 5.88 Å². The van der Waals surface area contributed by atoms with Crippen molar-refractivity contribution in [2.24, 2.45) is 0 Å². The molecule has 1 aromatic heterocycles. The predicted molar refractivity (Wildman–Crippen MR) is 79.4 cm³/mol. The van der Waals surface area contributed by atoms with Gasteiger partial charge in [0, 0.05) is 18.7 Å². The molecule has 114 valence electrons. The molecule has 1 unspecified atom stereocenters. The van der Waals surface area contributed by atoms with Gasteiger partial charge in [-0.1, -0.05) is 19.8 Å². The number of hydrogen-bond acceptors (Lipinski definition) is 3. The van der Waals surface area contributed by atoms with Crippen LogP contribution in [0.1, 0.15) is 50.5 Å². The smallest absolute Gasteiger partial charge is 0.246 e. The second-order valence-corrected chi connectivity index (χ2v) is 7.42. The highest BCUT2D eigenvalue weighted by Crippen LogP contribution is 2.29. The zero-order chi connectivity index (χ0) is 14.8. The van der Waals surface area contributed by atoms with Crippen molar-refractivity contribution < 1.29 is 12.8 Å². The molecule has 1 aliphatic heterocycles. The molecule has 0 N–H and O–H groups in total. The minimum absolute atomic E-state index is 0.0938. The van der Waals surface area contributed by atoms with Crippen molar-refractivity contribution in [1.82, 2.24) is 4.31 Å². The molecule has 2 rings (SSSR count). The molecule has 1 atom stereocenters. The number of alkyl halides is 1. The van der Waals surface area contributed by atoms with Crippen LogP contribution in [-0.4, -0.2) is 25.3 Å². The van der Waals surface area contributed by atoms with Crippen LogP contribution in [0.3, 0.4) is 0 Å². The number of rotatable bonds is 4. The largest absolute Gasteiger partial charge is 0.464 e. The Morgan fingerprint density at radius 1 is 1.40 bits per heavy atom. The minimum Gasteiger partial charge on any atom is -0.464 e. The molecular weight excluding hydrogens is 298 g/mol. The van der Waals surface area contributed by atoms with Gasteiger partial charge in [0.15, 0.2) is 0 Å². The Labute approximate surface area is 126 Å². The van der Waals surface area contributed by atoms with E-state index in [1.54, 1.807) is 17.3 Å². The van der Waals surface area contributed by atoms with Crippen molar-refractivity contribution in [3.05, 3.63) is 17.6 Å².